The fourth-order valence-corrected chi connectivity index (χ4v) is 0.825. The van der Waals surface area contributed by atoms with Crippen LogP contribution in [0.4, 0.5) is 10.2 Å². The summed E-state index contributed by atoms with van der Waals surface area (Å²) in [5.41, 5.74) is 5.78. The molecule has 0 spiro atoms. The van der Waals surface area contributed by atoms with Crippen LogP contribution in [0, 0.1) is 5.82 Å². The Labute approximate surface area is 80.2 Å². The molecular formula is C9H9FN2O2. The summed E-state index contributed by atoms with van der Waals surface area (Å²) in [4.78, 5) is 14.3. The molecule has 4 nitrogen and oxygen atoms in total. The largest absolute Gasteiger partial charge is 0.466 e. The highest BCUT2D eigenvalue weighted by molar-refractivity contribution is 5.87. The molecule has 0 aromatic carbocycles. The third kappa shape index (κ3) is 2.55. The van der Waals surface area contributed by atoms with Crippen molar-refractivity contribution >= 4 is 17.9 Å². The third-order valence-electron chi connectivity index (χ3n) is 1.52. The lowest BCUT2D eigenvalue weighted by molar-refractivity contribution is -0.134. The van der Waals surface area contributed by atoms with E-state index in [1.807, 2.05) is 0 Å². The van der Waals surface area contributed by atoms with Crippen molar-refractivity contribution in [3.63, 3.8) is 0 Å². The highest BCUT2D eigenvalue weighted by Gasteiger charge is 1.99. The van der Waals surface area contributed by atoms with Crippen molar-refractivity contribution in [1.29, 1.82) is 0 Å². The Morgan fingerprint density at radius 3 is 3.07 bits per heavy atom. The van der Waals surface area contributed by atoms with Crippen LogP contribution in [-0.2, 0) is 9.53 Å². The van der Waals surface area contributed by atoms with Crippen molar-refractivity contribution in [2.24, 2.45) is 0 Å². The van der Waals surface area contributed by atoms with E-state index in [2.05, 4.69) is 9.72 Å². The van der Waals surface area contributed by atoms with Gasteiger partial charge in [0.2, 0.25) is 0 Å². The summed E-state index contributed by atoms with van der Waals surface area (Å²) in [5, 5.41) is 0. The van der Waals surface area contributed by atoms with Crippen molar-refractivity contribution in [3.8, 4) is 0 Å². The Hall–Kier alpha value is -1.91. The normalized spacial score (nSPS) is 10.4. The minimum Gasteiger partial charge on any atom is -0.466 e. The smallest absolute Gasteiger partial charge is 0.330 e. The van der Waals surface area contributed by atoms with Crippen LogP contribution in [0.2, 0.25) is 0 Å². The molecule has 1 rings (SSSR count). The van der Waals surface area contributed by atoms with Gasteiger partial charge in [0.1, 0.15) is 11.6 Å². The van der Waals surface area contributed by atoms with Gasteiger partial charge in [-0.1, -0.05) is 0 Å². The topological polar surface area (TPSA) is 65.2 Å². The van der Waals surface area contributed by atoms with E-state index < -0.39 is 11.8 Å². The van der Waals surface area contributed by atoms with Crippen molar-refractivity contribution in [2.75, 3.05) is 12.8 Å². The van der Waals surface area contributed by atoms with Crippen LogP contribution in [0.1, 0.15) is 5.56 Å². The molecule has 0 fully saturated rings. The second-order valence-corrected chi connectivity index (χ2v) is 2.48. The van der Waals surface area contributed by atoms with Gasteiger partial charge in [-0.3, -0.25) is 0 Å². The summed E-state index contributed by atoms with van der Waals surface area (Å²) in [6.07, 6.45) is 3.49. The van der Waals surface area contributed by atoms with Gasteiger partial charge in [0.15, 0.2) is 0 Å². The number of aromatic nitrogens is 1. The number of halogens is 1. The number of ether oxygens (including phenoxy) is 1. The highest BCUT2D eigenvalue weighted by Crippen LogP contribution is 2.11. The first-order valence-electron chi connectivity index (χ1n) is 3.80. The summed E-state index contributed by atoms with van der Waals surface area (Å²) in [5.74, 6) is -0.885. The maximum atomic E-state index is 12.7. The second-order valence-electron chi connectivity index (χ2n) is 2.48. The molecule has 0 bridgehead atoms. The van der Waals surface area contributed by atoms with Crippen LogP contribution in [-0.4, -0.2) is 18.1 Å². The molecule has 14 heavy (non-hydrogen) atoms. The van der Waals surface area contributed by atoms with Gasteiger partial charge in [-0.05, 0) is 12.1 Å². The fraction of sp³-hybridized carbons (Fsp3) is 0.111. The lowest BCUT2D eigenvalue weighted by Gasteiger charge is -1.98. The molecule has 74 valence electrons. The highest BCUT2D eigenvalue weighted by atomic mass is 19.1. The number of anilines is 1. The Kier molecular flexibility index (Phi) is 3.17. The predicted molar refractivity (Wildman–Crippen MR) is 49.7 cm³/mol. The Morgan fingerprint density at radius 1 is 1.71 bits per heavy atom. The maximum Gasteiger partial charge on any atom is 0.330 e. The molecule has 0 aliphatic rings. The number of carbonyl (C=O) groups excluding carboxylic acids is 1. The molecule has 1 aromatic heterocycles. The molecule has 0 aliphatic carbocycles. The monoisotopic (exact) mass is 196 g/mol. The van der Waals surface area contributed by atoms with Crippen LogP contribution in [0.15, 0.2) is 18.3 Å². The van der Waals surface area contributed by atoms with E-state index in [1.54, 1.807) is 0 Å². The second kappa shape index (κ2) is 4.36. The SMILES string of the molecule is COC(=O)C=Cc1cc(F)cnc1N. The number of nitrogen functional groups attached to an aromatic ring is 1. The van der Waals surface area contributed by atoms with Gasteiger partial charge in [0, 0.05) is 11.6 Å². The molecule has 0 saturated carbocycles. The average Bonchev–Trinajstić information content (AvgIpc) is 2.19. The lowest BCUT2D eigenvalue weighted by atomic mass is 10.2. The molecule has 0 unspecified atom stereocenters. The van der Waals surface area contributed by atoms with Gasteiger partial charge < -0.3 is 10.5 Å². The van der Waals surface area contributed by atoms with Crippen molar-refractivity contribution < 1.29 is 13.9 Å². The minimum atomic E-state index is -0.534. The van der Waals surface area contributed by atoms with Gasteiger partial charge in [-0.15, -0.1) is 0 Å². The molecule has 2 N–H and O–H groups in total. The molecule has 0 saturated heterocycles. The molecule has 0 amide bonds. The number of rotatable bonds is 2. The first kappa shape index (κ1) is 10.2. The van der Waals surface area contributed by atoms with Crippen LogP contribution >= 0.6 is 0 Å². The zero-order chi connectivity index (χ0) is 10.6. The third-order valence-corrected chi connectivity index (χ3v) is 1.52. The van der Waals surface area contributed by atoms with Crippen LogP contribution < -0.4 is 5.73 Å². The van der Waals surface area contributed by atoms with Gasteiger partial charge in [-0.2, -0.15) is 0 Å². The average molecular weight is 196 g/mol. The van der Waals surface area contributed by atoms with Gasteiger partial charge in [0.25, 0.3) is 0 Å². The Morgan fingerprint density at radius 2 is 2.43 bits per heavy atom. The van der Waals surface area contributed by atoms with E-state index in [1.165, 1.54) is 19.3 Å². The summed E-state index contributed by atoms with van der Waals surface area (Å²) in [6, 6.07) is 1.18. The number of methoxy groups -OCH3 is 1. The Bertz CT molecular complexity index is 377. The number of carbonyl (C=O) groups is 1. The van der Waals surface area contributed by atoms with E-state index in [9.17, 15) is 9.18 Å². The Balaban J connectivity index is 2.90. The summed E-state index contributed by atoms with van der Waals surface area (Å²) in [6.45, 7) is 0. The van der Waals surface area contributed by atoms with Crippen molar-refractivity contribution in [2.45, 2.75) is 0 Å². The van der Waals surface area contributed by atoms with Crippen LogP contribution in [0.25, 0.3) is 6.08 Å². The molecule has 5 heteroatoms. The summed E-state index contributed by atoms with van der Waals surface area (Å²) < 4.78 is 17.0. The van der Waals surface area contributed by atoms with E-state index in [0.717, 1.165) is 12.3 Å². The zero-order valence-electron chi connectivity index (χ0n) is 7.53. The molecule has 0 radical (unpaired) electrons. The van der Waals surface area contributed by atoms with Crippen molar-refractivity contribution in [3.05, 3.63) is 29.7 Å². The molecule has 0 aliphatic heterocycles. The zero-order valence-corrected chi connectivity index (χ0v) is 7.53. The number of nitrogens with zero attached hydrogens (tertiary/aromatic N) is 1. The number of pyridine rings is 1. The first-order chi connectivity index (χ1) is 6.63. The van der Waals surface area contributed by atoms with Crippen molar-refractivity contribution in [1.82, 2.24) is 4.98 Å². The summed E-state index contributed by atoms with van der Waals surface area (Å²) in [7, 11) is 1.25. The molecular weight excluding hydrogens is 187 g/mol. The number of hydrogen-bond acceptors (Lipinski definition) is 4. The standard InChI is InChI=1S/C9H9FN2O2/c1-14-8(13)3-2-6-4-7(10)5-12-9(6)11/h2-5H,1H3,(H2,11,12). The van der Waals surface area contributed by atoms with Gasteiger partial charge in [0.05, 0.1) is 13.3 Å². The van der Waals surface area contributed by atoms with Crippen LogP contribution in [0.5, 0.6) is 0 Å². The van der Waals surface area contributed by atoms with E-state index in [0.29, 0.717) is 5.56 Å². The lowest BCUT2D eigenvalue weighted by Crippen LogP contribution is -1.97. The van der Waals surface area contributed by atoms with Crippen LogP contribution in [0.3, 0.4) is 0 Å². The number of nitrogens with two attached hydrogens (primary N) is 1. The van der Waals surface area contributed by atoms with E-state index in [-0.39, 0.29) is 5.82 Å². The maximum absolute atomic E-state index is 12.7. The number of hydrogen-bond donors (Lipinski definition) is 1. The fourth-order valence-electron chi connectivity index (χ4n) is 0.825. The number of esters is 1. The molecule has 1 aromatic rings. The molecule has 1 heterocycles. The van der Waals surface area contributed by atoms with E-state index in [4.69, 9.17) is 5.73 Å². The van der Waals surface area contributed by atoms with E-state index >= 15 is 0 Å². The summed E-state index contributed by atoms with van der Waals surface area (Å²) >= 11 is 0. The van der Waals surface area contributed by atoms with Gasteiger partial charge in [-0.25, -0.2) is 14.2 Å². The first-order valence-corrected chi connectivity index (χ1v) is 3.80. The van der Waals surface area contributed by atoms with Gasteiger partial charge >= 0.3 is 5.97 Å². The molecule has 0 atom stereocenters. The predicted octanol–water partition coefficient (Wildman–Crippen LogP) is 0.989. The quantitative estimate of drug-likeness (QED) is 0.565. The minimum absolute atomic E-state index is 0.159.